The van der Waals surface area contributed by atoms with Crippen molar-refractivity contribution in [1.82, 2.24) is 14.5 Å². The number of carbonyl (C=O) groups is 1. The number of para-hydroxylation sites is 2. The summed E-state index contributed by atoms with van der Waals surface area (Å²) in [7, 11) is 0. The summed E-state index contributed by atoms with van der Waals surface area (Å²) in [6, 6.07) is 44.1. The Morgan fingerprint density at radius 2 is 1.33 bits per heavy atom. The Morgan fingerprint density at radius 1 is 0.731 bits per heavy atom. The van der Waals surface area contributed by atoms with Crippen LogP contribution in [0.2, 0.25) is 0 Å². The van der Waals surface area contributed by atoms with Crippen LogP contribution in [0.5, 0.6) is 5.75 Å². The number of rotatable bonds is 14. The van der Waals surface area contributed by atoms with E-state index >= 15 is 0 Å². The lowest BCUT2D eigenvalue weighted by molar-refractivity contribution is 0.0982. The lowest BCUT2D eigenvalue weighted by Crippen LogP contribution is -2.36. The number of nitrogens with one attached hydrogen (secondary N) is 1. The third kappa shape index (κ3) is 6.72. The van der Waals surface area contributed by atoms with Crippen LogP contribution in [0.15, 0.2) is 146 Å². The maximum absolute atomic E-state index is 13.3. The van der Waals surface area contributed by atoms with Gasteiger partial charge in [0.25, 0.3) is 0 Å². The Balaban J connectivity index is 1.15. The number of aryl methyl sites for hydroxylation is 3. The van der Waals surface area contributed by atoms with Gasteiger partial charge in [0, 0.05) is 29.9 Å². The molecular formula is C46H44N4O2. The van der Waals surface area contributed by atoms with Gasteiger partial charge in [-0.05, 0) is 67.0 Å². The number of hydrogen-bond acceptors (Lipinski definition) is 5. The number of nitrogens with zero attached hydrogens (tertiary/aromatic N) is 3. The fraction of sp³-hybridized carbons (Fsp3) is 0.196. The average molecular weight is 685 g/mol. The van der Waals surface area contributed by atoms with Crippen LogP contribution in [0, 0.1) is 13.8 Å². The summed E-state index contributed by atoms with van der Waals surface area (Å²) in [6.07, 6.45) is 8.58. The largest absolute Gasteiger partial charge is 0.491 e. The highest BCUT2D eigenvalue weighted by Crippen LogP contribution is 2.41. The van der Waals surface area contributed by atoms with E-state index in [1.165, 1.54) is 0 Å². The van der Waals surface area contributed by atoms with Crippen LogP contribution in [0.25, 0.3) is 10.9 Å². The van der Waals surface area contributed by atoms with E-state index in [2.05, 4.69) is 133 Å². The SMILES string of the molecule is CCCC(=O)c1cnc2c(OCCCc3cn(C(c4ccccc4)(c4ccccc4)c4ccccc4)cn3)cccc2c1Nc1c(C)cccc1C. The van der Waals surface area contributed by atoms with Crippen molar-refractivity contribution in [3.8, 4) is 5.75 Å². The zero-order valence-electron chi connectivity index (χ0n) is 30.1. The molecule has 5 aromatic carbocycles. The molecule has 2 aromatic heterocycles. The van der Waals surface area contributed by atoms with Gasteiger partial charge in [0.1, 0.15) is 16.8 Å². The molecule has 260 valence electrons. The number of ketones is 1. The second-order valence-electron chi connectivity index (χ2n) is 13.3. The highest BCUT2D eigenvalue weighted by atomic mass is 16.5. The van der Waals surface area contributed by atoms with Gasteiger partial charge in [-0.3, -0.25) is 9.78 Å². The minimum atomic E-state index is -0.597. The molecule has 6 nitrogen and oxygen atoms in total. The minimum absolute atomic E-state index is 0.0761. The first-order valence-electron chi connectivity index (χ1n) is 18.1. The Kier molecular flexibility index (Phi) is 10.3. The van der Waals surface area contributed by atoms with Crippen molar-refractivity contribution < 1.29 is 9.53 Å². The third-order valence-electron chi connectivity index (χ3n) is 9.80. The van der Waals surface area contributed by atoms with Crippen molar-refractivity contribution in [1.29, 1.82) is 0 Å². The van der Waals surface area contributed by atoms with E-state index in [4.69, 9.17) is 14.7 Å². The van der Waals surface area contributed by atoms with Gasteiger partial charge in [0.15, 0.2) is 5.78 Å². The molecule has 0 saturated carbocycles. The molecule has 0 radical (unpaired) electrons. The highest BCUT2D eigenvalue weighted by molar-refractivity contribution is 6.10. The van der Waals surface area contributed by atoms with Crippen molar-refractivity contribution in [2.24, 2.45) is 0 Å². The number of aromatic nitrogens is 3. The number of ether oxygens (including phenoxy) is 1. The average Bonchev–Trinajstić information content (AvgIpc) is 3.65. The number of benzene rings is 5. The molecule has 0 amide bonds. The summed E-state index contributed by atoms with van der Waals surface area (Å²) < 4.78 is 8.66. The van der Waals surface area contributed by atoms with Crippen molar-refractivity contribution >= 4 is 28.1 Å². The molecule has 0 bridgehead atoms. The molecule has 0 fully saturated rings. The molecular weight excluding hydrogens is 641 g/mol. The van der Waals surface area contributed by atoms with Crippen molar-refractivity contribution in [3.05, 3.63) is 185 Å². The molecule has 0 aliphatic rings. The fourth-order valence-electron chi connectivity index (χ4n) is 7.25. The highest BCUT2D eigenvalue weighted by Gasteiger charge is 2.38. The van der Waals surface area contributed by atoms with Gasteiger partial charge in [-0.25, -0.2) is 4.98 Å². The van der Waals surface area contributed by atoms with Crippen LogP contribution in [0.4, 0.5) is 11.4 Å². The molecule has 0 aliphatic heterocycles. The number of imidazole rings is 1. The van der Waals surface area contributed by atoms with Crippen LogP contribution in [0.3, 0.4) is 0 Å². The maximum Gasteiger partial charge on any atom is 0.166 e. The topological polar surface area (TPSA) is 69.0 Å². The second kappa shape index (κ2) is 15.5. The molecule has 7 rings (SSSR count). The van der Waals surface area contributed by atoms with Crippen molar-refractivity contribution in [3.63, 3.8) is 0 Å². The standard InChI is InChI=1S/C46H44N4O2/c1-4-17-41(51)40-30-47-45-39(44(40)49-43-33(2)18-14-19-34(43)3)27-15-28-42(45)52-29-16-26-38-31-50(32-48-38)46(35-20-8-5-9-21-35,36-22-10-6-11-23-36)37-24-12-7-13-25-37/h5-15,18-25,27-28,30-32H,4,16-17,26,29H2,1-3H3,(H,47,49). The van der Waals surface area contributed by atoms with E-state index < -0.39 is 5.54 Å². The minimum Gasteiger partial charge on any atom is -0.491 e. The zero-order valence-corrected chi connectivity index (χ0v) is 30.1. The van der Waals surface area contributed by atoms with Gasteiger partial charge >= 0.3 is 0 Å². The van der Waals surface area contributed by atoms with Gasteiger partial charge < -0.3 is 14.6 Å². The number of pyridine rings is 1. The summed E-state index contributed by atoms with van der Waals surface area (Å²) >= 11 is 0. The molecule has 6 heteroatoms. The quantitative estimate of drug-likeness (QED) is 0.0701. The van der Waals surface area contributed by atoms with Gasteiger partial charge in [-0.15, -0.1) is 0 Å². The lowest BCUT2D eigenvalue weighted by Gasteiger charge is -2.37. The predicted octanol–water partition coefficient (Wildman–Crippen LogP) is 10.6. The summed E-state index contributed by atoms with van der Waals surface area (Å²) in [5.74, 6) is 0.769. The molecule has 52 heavy (non-hydrogen) atoms. The number of fused-ring (bicyclic) bond motifs is 1. The normalized spacial score (nSPS) is 11.4. The third-order valence-corrected chi connectivity index (χ3v) is 9.80. The van der Waals surface area contributed by atoms with E-state index in [0.29, 0.717) is 24.3 Å². The number of hydrogen-bond donors (Lipinski definition) is 1. The molecule has 0 unspecified atom stereocenters. The van der Waals surface area contributed by atoms with E-state index in [9.17, 15) is 4.79 Å². The zero-order chi connectivity index (χ0) is 35.9. The van der Waals surface area contributed by atoms with Crippen molar-refractivity contribution in [2.45, 2.75) is 52.0 Å². The number of Topliss-reactive ketones (excluding diaryl/α,β-unsaturated/α-hetero) is 1. The van der Waals surface area contributed by atoms with Crippen LogP contribution in [-0.2, 0) is 12.0 Å². The molecule has 0 aliphatic carbocycles. The Bertz CT molecular complexity index is 2160. The molecule has 0 atom stereocenters. The van der Waals surface area contributed by atoms with Crippen LogP contribution in [-0.4, -0.2) is 26.9 Å². The number of anilines is 2. The second-order valence-corrected chi connectivity index (χ2v) is 13.3. The van der Waals surface area contributed by atoms with E-state index in [1.54, 1.807) is 6.20 Å². The predicted molar refractivity (Wildman–Crippen MR) is 211 cm³/mol. The van der Waals surface area contributed by atoms with Crippen LogP contribution >= 0.6 is 0 Å². The monoisotopic (exact) mass is 684 g/mol. The summed E-state index contributed by atoms with van der Waals surface area (Å²) in [4.78, 5) is 23.0. The molecule has 7 aromatic rings. The smallest absolute Gasteiger partial charge is 0.166 e. The molecule has 2 heterocycles. The van der Waals surface area contributed by atoms with Crippen LogP contribution < -0.4 is 10.1 Å². The van der Waals surface area contributed by atoms with Crippen LogP contribution in [0.1, 0.15) is 70.1 Å². The van der Waals surface area contributed by atoms with Gasteiger partial charge in [0.05, 0.1) is 29.9 Å². The first-order valence-corrected chi connectivity index (χ1v) is 18.1. The van der Waals surface area contributed by atoms with Crippen molar-refractivity contribution in [2.75, 3.05) is 11.9 Å². The van der Waals surface area contributed by atoms with E-state index in [0.717, 1.165) is 75.1 Å². The molecule has 0 spiro atoms. The molecule has 0 saturated heterocycles. The summed E-state index contributed by atoms with van der Waals surface area (Å²) in [6.45, 7) is 6.67. The maximum atomic E-state index is 13.3. The van der Waals surface area contributed by atoms with E-state index in [1.807, 2.05) is 37.5 Å². The summed E-state index contributed by atoms with van der Waals surface area (Å²) in [5.41, 5.74) is 9.21. The first kappa shape index (κ1) is 34.4. The van der Waals surface area contributed by atoms with Gasteiger partial charge in [-0.1, -0.05) is 128 Å². The Hall–Kier alpha value is -6.01. The van der Waals surface area contributed by atoms with Gasteiger partial charge in [0.2, 0.25) is 0 Å². The number of carbonyl (C=O) groups excluding carboxylic acids is 1. The molecule has 1 N–H and O–H groups in total. The Morgan fingerprint density at radius 3 is 1.92 bits per heavy atom. The lowest BCUT2D eigenvalue weighted by atomic mass is 9.77. The van der Waals surface area contributed by atoms with Gasteiger partial charge in [-0.2, -0.15) is 0 Å². The first-order chi connectivity index (χ1) is 25.5. The Labute approximate surface area is 306 Å². The van der Waals surface area contributed by atoms with E-state index in [-0.39, 0.29) is 5.78 Å². The fourth-order valence-corrected chi connectivity index (χ4v) is 7.25. The summed E-state index contributed by atoms with van der Waals surface area (Å²) in [5, 5.41) is 4.49.